The van der Waals surface area contributed by atoms with E-state index in [-0.39, 0.29) is 40.8 Å². The van der Waals surface area contributed by atoms with E-state index in [0.717, 1.165) is 0 Å². The van der Waals surface area contributed by atoms with Crippen molar-refractivity contribution in [3.8, 4) is 5.88 Å². The highest BCUT2D eigenvalue weighted by molar-refractivity contribution is 7.98. The summed E-state index contributed by atoms with van der Waals surface area (Å²) in [7, 11) is 0. The van der Waals surface area contributed by atoms with Crippen LogP contribution in [0.2, 0.25) is 5.15 Å². The summed E-state index contributed by atoms with van der Waals surface area (Å²) in [4.78, 5) is 29.7. The minimum absolute atomic E-state index is 0.0828. The molecule has 2 aliphatic rings. The quantitative estimate of drug-likeness (QED) is 0.350. The van der Waals surface area contributed by atoms with Crippen molar-refractivity contribution in [1.82, 2.24) is 19.9 Å². The van der Waals surface area contributed by atoms with Crippen LogP contribution in [0.4, 0.5) is 15.0 Å². The number of hydrogen-bond donors (Lipinski definition) is 0. The second-order valence-corrected chi connectivity index (χ2v) is 9.94. The fraction of sp³-hybridized carbons (Fsp3) is 0.600. The Balaban J connectivity index is 1.81. The van der Waals surface area contributed by atoms with Crippen molar-refractivity contribution >= 4 is 46.2 Å². The molecule has 4 rings (SSSR count). The third-order valence-electron chi connectivity index (χ3n) is 5.37. The Morgan fingerprint density at radius 2 is 1.97 bits per heavy atom. The predicted molar refractivity (Wildman–Crippen MR) is 118 cm³/mol. The highest BCUT2D eigenvalue weighted by Gasteiger charge is 2.43. The molecule has 1 fully saturated rings. The SMILES string of the molecule is CSc1nc2c3c(nc(Cl)c(F)c3n1)O[C@@H](C)[C@@H]1CN(C(=O)OC(C)(C)C)[C@H](C)CN21. The van der Waals surface area contributed by atoms with Crippen LogP contribution < -0.4 is 9.64 Å². The fourth-order valence-electron chi connectivity index (χ4n) is 3.93. The summed E-state index contributed by atoms with van der Waals surface area (Å²) in [6.07, 6.45) is 1.08. The first-order chi connectivity index (χ1) is 14.5. The van der Waals surface area contributed by atoms with Crippen LogP contribution in [0.1, 0.15) is 34.6 Å². The van der Waals surface area contributed by atoms with Crippen LogP contribution >= 0.6 is 23.4 Å². The Morgan fingerprint density at radius 1 is 1.26 bits per heavy atom. The first kappa shape index (κ1) is 22.1. The number of nitrogens with zero attached hydrogens (tertiary/aromatic N) is 5. The van der Waals surface area contributed by atoms with Crippen molar-refractivity contribution in [2.45, 2.75) is 63.6 Å². The van der Waals surface area contributed by atoms with Gasteiger partial charge in [0.15, 0.2) is 16.1 Å². The van der Waals surface area contributed by atoms with Gasteiger partial charge in [0.25, 0.3) is 0 Å². The van der Waals surface area contributed by atoms with Gasteiger partial charge < -0.3 is 19.3 Å². The van der Waals surface area contributed by atoms with Gasteiger partial charge in [0.1, 0.15) is 28.4 Å². The number of hydrogen-bond acceptors (Lipinski definition) is 8. The largest absolute Gasteiger partial charge is 0.472 e. The van der Waals surface area contributed by atoms with E-state index >= 15 is 0 Å². The van der Waals surface area contributed by atoms with Gasteiger partial charge in [-0.2, -0.15) is 4.98 Å². The Morgan fingerprint density at radius 3 is 2.61 bits per heavy atom. The number of ether oxygens (including phenoxy) is 2. The lowest BCUT2D eigenvalue weighted by Crippen LogP contribution is -2.63. The molecule has 8 nitrogen and oxygen atoms in total. The summed E-state index contributed by atoms with van der Waals surface area (Å²) < 4.78 is 26.6. The molecular weight excluding hydrogens is 445 g/mol. The fourth-order valence-corrected chi connectivity index (χ4v) is 4.46. The van der Waals surface area contributed by atoms with E-state index in [4.69, 9.17) is 21.1 Å². The van der Waals surface area contributed by atoms with Gasteiger partial charge in [0, 0.05) is 19.1 Å². The van der Waals surface area contributed by atoms with Crippen molar-refractivity contribution in [3.63, 3.8) is 0 Å². The molecule has 0 radical (unpaired) electrons. The number of amides is 1. The average Bonchev–Trinajstić information content (AvgIpc) is 2.79. The molecule has 2 aliphatic heterocycles. The lowest BCUT2D eigenvalue weighted by atomic mass is 10.0. The van der Waals surface area contributed by atoms with E-state index < -0.39 is 11.4 Å². The molecule has 2 aromatic rings. The zero-order chi connectivity index (χ0) is 22.7. The highest BCUT2D eigenvalue weighted by atomic mass is 35.5. The minimum atomic E-state index is -0.700. The molecule has 31 heavy (non-hydrogen) atoms. The molecule has 168 valence electrons. The average molecular weight is 470 g/mol. The zero-order valence-corrected chi connectivity index (χ0v) is 19.8. The maximum absolute atomic E-state index is 14.9. The van der Waals surface area contributed by atoms with Crippen molar-refractivity contribution in [3.05, 3.63) is 11.0 Å². The molecule has 0 unspecified atom stereocenters. The number of rotatable bonds is 1. The molecule has 11 heteroatoms. The molecule has 0 aromatic carbocycles. The summed E-state index contributed by atoms with van der Waals surface area (Å²) in [6.45, 7) is 10.2. The molecule has 1 amide bonds. The lowest BCUT2D eigenvalue weighted by Gasteiger charge is -2.46. The van der Waals surface area contributed by atoms with Crippen LogP contribution in [0.3, 0.4) is 0 Å². The number of pyridine rings is 1. The summed E-state index contributed by atoms with van der Waals surface area (Å²) in [5.41, 5.74) is -0.514. The minimum Gasteiger partial charge on any atom is -0.472 e. The summed E-state index contributed by atoms with van der Waals surface area (Å²) >= 11 is 7.34. The summed E-state index contributed by atoms with van der Waals surface area (Å²) in [5, 5.41) is 0.520. The monoisotopic (exact) mass is 469 g/mol. The molecule has 0 N–H and O–H groups in total. The van der Waals surface area contributed by atoms with Gasteiger partial charge in [-0.3, -0.25) is 0 Å². The highest BCUT2D eigenvalue weighted by Crippen LogP contribution is 2.41. The Hall–Kier alpha value is -2.07. The normalized spacial score (nSPS) is 23.3. The second kappa shape index (κ2) is 7.81. The van der Waals surface area contributed by atoms with Crippen LogP contribution in [0.25, 0.3) is 10.9 Å². The summed E-state index contributed by atoms with van der Waals surface area (Å²) in [5.74, 6) is 0.0365. The topological polar surface area (TPSA) is 80.7 Å². The van der Waals surface area contributed by atoms with Crippen LogP contribution in [0.15, 0.2) is 5.16 Å². The van der Waals surface area contributed by atoms with Gasteiger partial charge in [0.2, 0.25) is 5.88 Å². The number of anilines is 1. The van der Waals surface area contributed by atoms with Gasteiger partial charge in [-0.25, -0.2) is 19.2 Å². The van der Waals surface area contributed by atoms with Crippen molar-refractivity contribution in [2.75, 3.05) is 24.2 Å². The molecule has 2 aromatic heterocycles. The molecule has 0 bridgehead atoms. The number of fused-ring (bicyclic) bond motifs is 2. The van der Waals surface area contributed by atoms with Crippen molar-refractivity contribution < 1.29 is 18.7 Å². The molecular formula is C20H25ClFN5O3S. The van der Waals surface area contributed by atoms with Crippen LogP contribution in [-0.4, -0.2) is 69.1 Å². The standard InChI is InChI=1S/C20H25ClFN5O3S/c1-9-7-27-11(8-26(9)19(28)30-20(3,4)5)10(2)29-17-12-14(13(22)15(21)24-17)23-18(31-6)25-16(12)27/h9-11H,7-8H2,1-6H3/t9-,10+,11+/m1/s1. The molecule has 0 spiro atoms. The van der Waals surface area contributed by atoms with Crippen LogP contribution in [-0.2, 0) is 4.74 Å². The number of carbonyl (C=O) groups excluding carboxylic acids is 1. The van der Waals surface area contributed by atoms with E-state index in [0.29, 0.717) is 29.5 Å². The zero-order valence-electron chi connectivity index (χ0n) is 18.3. The van der Waals surface area contributed by atoms with E-state index in [9.17, 15) is 9.18 Å². The number of thioether (sulfide) groups is 1. The van der Waals surface area contributed by atoms with Crippen molar-refractivity contribution in [2.24, 2.45) is 0 Å². The molecule has 3 atom stereocenters. The molecule has 1 saturated heterocycles. The number of halogens is 2. The van der Waals surface area contributed by atoms with E-state index in [1.165, 1.54) is 11.8 Å². The third-order valence-corrected chi connectivity index (χ3v) is 6.17. The Labute approximate surface area is 189 Å². The van der Waals surface area contributed by atoms with E-state index in [1.54, 1.807) is 4.90 Å². The van der Waals surface area contributed by atoms with Gasteiger partial charge in [-0.05, 0) is 40.9 Å². The second-order valence-electron chi connectivity index (χ2n) is 8.80. The number of carbonyl (C=O) groups is 1. The lowest BCUT2D eigenvalue weighted by molar-refractivity contribution is 0.00763. The maximum Gasteiger partial charge on any atom is 0.410 e. The maximum atomic E-state index is 14.9. The third kappa shape index (κ3) is 3.95. The van der Waals surface area contributed by atoms with Gasteiger partial charge in [0.05, 0.1) is 6.04 Å². The summed E-state index contributed by atoms with van der Waals surface area (Å²) in [6, 6.07) is -0.403. The molecule has 4 heterocycles. The Kier molecular flexibility index (Phi) is 5.58. The molecule has 0 saturated carbocycles. The first-order valence-electron chi connectivity index (χ1n) is 10.0. The number of piperazine rings is 1. The van der Waals surface area contributed by atoms with E-state index in [1.807, 2.05) is 40.9 Å². The number of aromatic nitrogens is 3. The van der Waals surface area contributed by atoms with E-state index in [2.05, 4.69) is 19.9 Å². The van der Waals surface area contributed by atoms with Crippen LogP contribution in [0.5, 0.6) is 5.88 Å². The van der Waals surface area contributed by atoms with Gasteiger partial charge in [-0.15, -0.1) is 0 Å². The van der Waals surface area contributed by atoms with Gasteiger partial charge in [-0.1, -0.05) is 23.4 Å². The smallest absolute Gasteiger partial charge is 0.410 e. The van der Waals surface area contributed by atoms with Crippen LogP contribution in [0, 0.1) is 5.82 Å². The molecule has 0 aliphatic carbocycles. The first-order valence-corrected chi connectivity index (χ1v) is 11.6. The van der Waals surface area contributed by atoms with Gasteiger partial charge >= 0.3 is 6.09 Å². The predicted octanol–water partition coefficient (Wildman–Crippen LogP) is 4.13. The Bertz CT molecular complexity index is 1050. The van der Waals surface area contributed by atoms with Crippen molar-refractivity contribution in [1.29, 1.82) is 0 Å².